The number of hydrogen-bond acceptors (Lipinski definition) is 4. The van der Waals surface area contributed by atoms with Gasteiger partial charge in [0.15, 0.2) is 0 Å². The van der Waals surface area contributed by atoms with Gasteiger partial charge in [0.25, 0.3) is 0 Å². The Kier molecular flexibility index (Phi) is 7.73. The Labute approximate surface area is 192 Å². The molecule has 182 valence electrons. The van der Waals surface area contributed by atoms with Gasteiger partial charge in [-0.05, 0) is 50.3 Å². The molecule has 10 heteroatoms. The van der Waals surface area contributed by atoms with Crippen LogP contribution in [0.3, 0.4) is 0 Å². The number of hydrogen-bond donors (Lipinski definition) is 1. The van der Waals surface area contributed by atoms with E-state index in [0.717, 1.165) is 12.1 Å². The molecule has 1 aliphatic carbocycles. The monoisotopic (exact) mass is 469 g/mol. The summed E-state index contributed by atoms with van der Waals surface area (Å²) in [7, 11) is 3.35. The van der Waals surface area contributed by atoms with E-state index in [9.17, 15) is 18.0 Å². The van der Waals surface area contributed by atoms with Crippen molar-refractivity contribution in [1.82, 2.24) is 15.1 Å². The predicted octanol–water partition coefficient (Wildman–Crippen LogP) is 4.01. The molecule has 1 heterocycles. The Balaban J connectivity index is 1.48. The van der Waals surface area contributed by atoms with Crippen LogP contribution >= 0.6 is 0 Å². The number of carbonyl (C=O) groups excluding carboxylic acids is 1. The highest BCUT2D eigenvalue weighted by Crippen LogP contribution is 2.36. The topological polar surface area (TPSA) is 62.6 Å². The molecule has 2 fully saturated rings. The van der Waals surface area contributed by atoms with E-state index in [0.29, 0.717) is 70.5 Å². The van der Waals surface area contributed by atoms with Crippen molar-refractivity contribution in [3.63, 3.8) is 0 Å². The van der Waals surface area contributed by atoms with Crippen LogP contribution in [0.15, 0.2) is 18.2 Å². The highest BCUT2D eigenvalue weighted by molar-refractivity contribution is 5.73. The third-order valence-corrected chi connectivity index (χ3v) is 6.60. The Morgan fingerprint density at radius 3 is 2.36 bits per heavy atom. The number of benzene rings is 1. The SMILES string of the molecule is CN(C)C(=O)NC1CCC(F)(CCN2CCN(c3cc(C#N)cc(C(F)(F)F)c3)CC2)CC1. The molecule has 33 heavy (non-hydrogen) atoms. The molecule has 2 aliphatic rings. The predicted molar refractivity (Wildman–Crippen MR) is 118 cm³/mol. The van der Waals surface area contributed by atoms with Crippen LogP contribution in [-0.2, 0) is 6.18 Å². The highest BCUT2D eigenvalue weighted by atomic mass is 19.4. The number of nitrogens with zero attached hydrogens (tertiary/aromatic N) is 4. The molecule has 2 amide bonds. The van der Waals surface area contributed by atoms with Gasteiger partial charge in [0, 0.05) is 58.5 Å². The van der Waals surface area contributed by atoms with Crippen molar-refractivity contribution < 1.29 is 22.4 Å². The third-order valence-electron chi connectivity index (χ3n) is 6.60. The van der Waals surface area contributed by atoms with Gasteiger partial charge in [-0.3, -0.25) is 4.90 Å². The van der Waals surface area contributed by atoms with Crippen LogP contribution < -0.4 is 10.2 Å². The zero-order chi connectivity index (χ0) is 24.2. The van der Waals surface area contributed by atoms with Crippen LogP contribution in [0.2, 0.25) is 0 Å². The fraction of sp³-hybridized carbons (Fsp3) is 0.652. The van der Waals surface area contributed by atoms with Gasteiger partial charge in [0.2, 0.25) is 0 Å². The number of halogens is 4. The minimum atomic E-state index is -4.51. The Morgan fingerprint density at radius 1 is 1.18 bits per heavy atom. The standard InChI is InChI=1S/C23H31F4N5O/c1-30(2)21(33)29-19-3-5-22(24,6-4-19)7-8-31-9-11-32(12-10-31)20-14-17(16-28)13-18(15-20)23(25,26)27/h13-15,19H,3-12H2,1-2H3,(H,29,33). The van der Waals surface area contributed by atoms with Crippen molar-refractivity contribution in [3.8, 4) is 6.07 Å². The molecule has 0 radical (unpaired) electrons. The minimum Gasteiger partial charge on any atom is -0.369 e. The minimum absolute atomic E-state index is 0.00177. The summed E-state index contributed by atoms with van der Waals surface area (Å²) in [6.07, 6.45) is -2.06. The Hall–Kier alpha value is -2.54. The summed E-state index contributed by atoms with van der Waals surface area (Å²) in [5.74, 6) is 0. The molecular weight excluding hydrogens is 438 g/mol. The van der Waals surface area contributed by atoms with Crippen LogP contribution in [0.1, 0.15) is 43.2 Å². The van der Waals surface area contributed by atoms with Gasteiger partial charge in [-0.2, -0.15) is 18.4 Å². The Morgan fingerprint density at radius 2 is 1.82 bits per heavy atom. The van der Waals surface area contributed by atoms with E-state index in [-0.39, 0.29) is 17.6 Å². The molecule has 1 saturated heterocycles. The quantitative estimate of drug-likeness (QED) is 0.662. The number of anilines is 1. The number of urea groups is 1. The van der Waals surface area contributed by atoms with E-state index in [1.54, 1.807) is 20.2 Å². The summed E-state index contributed by atoms with van der Waals surface area (Å²) in [5, 5.41) is 12.0. The molecule has 0 aromatic heterocycles. The van der Waals surface area contributed by atoms with Crippen molar-refractivity contribution in [2.24, 2.45) is 0 Å². The van der Waals surface area contributed by atoms with Gasteiger partial charge in [-0.15, -0.1) is 0 Å². The highest BCUT2D eigenvalue weighted by Gasteiger charge is 2.36. The molecule has 6 nitrogen and oxygen atoms in total. The van der Waals surface area contributed by atoms with E-state index in [2.05, 4.69) is 10.2 Å². The number of rotatable bonds is 5. The smallest absolute Gasteiger partial charge is 0.369 e. The van der Waals surface area contributed by atoms with Crippen molar-refractivity contribution in [2.75, 3.05) is 51.7 Å². The van der Waals surface area contributed by atoms with E-state index < -0.39 is 17.4 Å². The summed E-state index contributed by atoms with van der Waals surface area (Å²) in [6, 6.07) is 5.07. The van der Waals surface area contributed by atoms with Crippen LogP contribution in [-0.4, -0.2) is 74.4 Å². The van der Waals surface area contributed by atoms with Gasteiger partial charge < -0.3 is 15.1 Å². The second-order valence-electron chi connectivity index (χ2n) is 9.23. The number of amides is 2. The maximum absolute atomic E-state index is 15.3. The van der Waals surface area contributed by atoms with E-state index in [4.69, 9.17) is 5.26 Å². The van der Waals surface area contributed by atoms with Crippen LogP contribution in [0.5, 0.6) is 0 Å². The molecule has 0 atom stereocenters. The average Bonchev–Trinajstić information content (AvgIpc) is 2.79. The van der Waals surface area contributed by atoms with Crippen molar-refractivity contribution >= 4 is 11.7 Å². The number of nitriles is 1. The lowest BCUT2D eigenvalue weighted by Gasteiger charge is -2.39. The summed E-state index contributed by atoms with van der Waals surface area (Å²) < 4.78 is 54.7. The maximum Gasteiger partial charge on any atom is 0.416 e. The van der Waals surface area contributed by atoms with Gasteiger partial charge >= 0.3 is 12.2 Å². The van der Waals surface area contributed by atoms with Gasteiger partial charge in [-0.1, -0.05) is 0 Å². The normalized spacial score (nSPS) is 24.3. The molecule has 1 saturated carbocycles. The molecule has 1 aromatic rings. The van der Waals surface area contributed by atoms with Crippen molar-refractivity contribution in [3.05, 3.63) is 29.3 Å². The van der Waals surface area contributed by atoms with E-state index >= 15 is 4.39 Å². The van der Waals surface area contributed by atoms with Crippen LogP contribution in [0, 0.1) is 11.3 Å². The molecule has 1 aromatic carbocycles. The summed E-state index contributed by atoms with van der Waals surface area (Å²) >= 11 is 0. The lowest BCUT2D eigenvalue weighted by atomic mass is 9.81. The van der Waals surface area contributed by atoms with Crippen molar-refractivity contribution in [2.45, 2.75) is 50.0 Å². The van der Waals surface area contributed by atoms with Gasteiger partial charge in [-0.25, -0.2) is 9.18 Å². The second-order valence-corrected chi connectivity index (χ2v) is 9.23. The van der Waals surface area contributed by atoms with Crippen LogP contribution in [0.4, 0.5) is 28.0 Å². The summed E-state index contributed by atoms with van der Waals surface area (Å²) in [6.45, 7) is 2.87. The maximum atomic E-state index is 15.3. The van der Waals surface area contributed by atoms with E-state index in [1.807, 2.05) is 4.90 Å². The molecule has 0 bridgehead atoms. The summed E-state index contributed by atoms with van der Waals surface area (Å²) in [4.78, 5) is 17.2. The third kappa shape index (κ3) is 6.73. The molecule has 0 unspecified atom stereocenters. The van der Waals surface area contributed by atoms with Gasteiger partial charge in [0.05, 0.1) is 17.2 Å². The average molecular weight is 470 g/mol. The molecule has 3 rings (SSSR count). The molecule has 1 N–H and O–H groups in total. The lowest BCUT2D eigenvalue weighted by molar-refractivity contribution is -0.137. The van der Waals surface area contributed by atoms with E-state index in [1.165, 1.54) is 11.0 Å². The molecule has 0 spiro atoms. The second kappa shape index (κ2) is 10.2. The van der Waals surface area contributed by atoms with Crippen LogP contribution in [0.25, 0.3) is 0 Å². The zero-order valence-corrected chi connectivity index (χ0v) is 19.1. The number of carbonyl (C=O) groups is 1. The first-order valence-corrected chi connectivity index (χ1v) is 11.3. The van der Waals surface area contributed by atoms with Crippen molar-refractivity contribution in [1.29, 1.82) is 5.26 Å². The molecule has 1 aliphatic heterocycles. The van der Waals surface area contributed by atoms with Gasteiger partial charge in [0.1, 0.15) is 5.67 Å². The summed E-state index contributed by atoms with van der Waals surface area (Å²) in [5.41, 5.74) is -1.70. The number of nitrogens with one attached hydrogen (secondary N) is 1. The molecular formula is C23H31F4N5O. The first-order chi connectivity index (χ1) is 15.5. The Bertz CT molecular complexity index is 867. The first kappa shape index (κ1) is 25.1. The fourth-order valence-corrected chi connectivity index (χ4v) is 4.44. The largest absolute Gasteiger partial charge is 0.416 e. The first-order valence-electron chi connectivity index (χ1n) is 11.3. The number of piperazine rings is 1. The fourth-order valence-electron chi connectivity index (χ4n) is 4.44. The zero-order valence-electron chi connectivity index (χ0n) is 19.1. The lowest BCUT2D eigenvalue weighted by Crippen LogP contribution is -2.49. The number of alkyl halides is 4.